The van der Waals surface area contributed by atoms with Crippen LogP contribution in [-0.2, 0) is 16.1 Å². The standard InChI is InChI=1S/C21H33N3O5/c1-21(2,3)29-20(26)22(4)15-19(25)24-11-9-23(10-12-24)14-16-7-8-17(27-5)18(13-16)28-6/h7-8,13H,9-12,14-15H2,1-6H3. The number of nitrogens with zero attached hydrogens (tertiary/aromatic N) is 3. The van der Waals surface area contributed by atoms with Crippen LogP contribution in [0.15, 0.2) is 18.2 Å². The molecule has 29 heavy (non-hydrogen) atoms. The van der Waals surface area contributed by atoms with E-state index < -0.39 is 11.7 Å². The van der Waals surface area contributed by atoms with Crippen LogP contribution < -0.4 is 9.47 Å². The maximum Gasteiger partial charge on any atom is 0.410 e. The van der Waals surface area contributed by atoms with Crippen LogP contribution in [-0.4, -0.2) is 86.3 Å². The molecule has 0 saturated carbocycles. The first-order valence-electron chi connectivity index (χ1n) is 9.78. The number of hydrogen-bond donors (Lipinski definition) is 0. The molecular formula is C21H33N3O5. The second-order valence-electron chi connectivity index (χ2n) is 8.18. The van der Waals surface area contributed by atoms with Crippen molar-refractivity contribution in [3.05, 3.63) is 23.8 Å². The second kappa shape index (κ2) is 9.82. The molecule has 2 rings (SSSR count). The molecule has 0 radical (unpaired) electrons. The third-order valence-corrected chi connectivity index (χ3v) is 4.66. The number of carbonyl (C=O) groups is 2. The Morgan fingerprint density at radius 3 is 2.21 bits per heavy atom. The Bertz CT molecular complexity index is 709. The fraction of sp³-hybridized carbons (Fsp3) is 0.619. The summed E-state index contributed by atoms with van der Waals surface area (Å²) in [7, 11) is 4.83. The number of carbonyl (C=O) groups excluding carboxylic acids is 2. The monoisotopic (exact) mass is 407 g/mol. The van der Waals surface area contributed by atoms with E-state index in [1.165, 1.54) is 4.90 Å². The fourth-order valence-corrected chi connectivity index (χ4v) is 3.10. The number of methoxy groups -OCH3 is 2. The summed E-state index contributed by atoms with van der Waals surface area (Å²) in [6.45, 7) is 9.02. The number of hydrogen-bond acceptors (Lipinski definition) is 6. The number of benzene rings is 1. The van der Waals surface area contributed by atoms with E-state index in [4.69, 9.17) is 14.2 Å². The quantitative estimate of drug-likeness (QED) is 0.720. The van der Waals surface area contributed by atoms with Gasteiger partial charge < -0.3 is 24.0 Å². The van der Waals surface area contributed by atoms with E-state index >= 15 is 0 Å². The average molecular weight is 408 g/mol. The Kier molecular flexibility index (Phi) is 7.73. The molecule has 1 aromatic rings. The van der Waals surface area contributed by atoms with Gasteiger partial charge in [0.05, 0.1) is 14.2 Å². The lowest BCUT2D eigenvalue weighted by molar-refractivity contribution is -0.133. The molecule has 1 fully saturated rings. The maximum atomic E-state index is 12.5. The van der Waals surface area contributed by atoms with Crippen LogP contribution in [0.4, 0.5) is 4.79 Å². The van der Waals surface area contributed by atoms with Crippen LogP contribution in [0, 0.1) is 0 Å². The first-order chi connectivity index (χ1) is 13.6. The van der Waals surface area contributed by atoms with E-state index in [0.717, 1.165) is 25.2 Å². The average Bonchev–Trinajstić information content (AvgIpc) is 2.67. The van der Waals surface area contributed by atoms with Crippen molar-refractivity contribution in [3.8, 4) is 11.5 Å². The summed E-state index contributed by atoms with van der Waals surface area (Å²) < 4.78 is 15.9. The van der Waals surface area contributed by atoms with Crippen LogP contribution >= 0.6 is 0 Å². The minimum Gasteiger partial charge on any atom is -0.493 e. The highest BCUT2D eigenvalue weighted by atomic mass is 16.6. The summed E-state index contributed by atoms with van der Waals surface area (Å²) in [5.41, 5.74) is 0.552. The molecule has 8 heteroatoms. The first kappa shape index (κ1) is 22.8. The lowest BCUT2D eigenvalue weighted by Gasteiger charge is -2.35. The molecule has 1 saturated heterocycles. The predicted molar refractivity (Wildman–Crippen MR) is 110 cm³/mol. The Balaban J connectivity index is 1.82. The van der Waals surface area contributed by atoms with Gasteiger partial charge in [-0.2, -0.15) is 0 Å². The van der Waals surface area contributed by atoms with Crippen molar-refractivity contribution in [1.82, 2.24) is 14.7 Å². The number of piperazine rings is 1. The molecule has 1 aromatic carbocycles. The Hall–Kier alpha value is -2.48. The van der Waals surface area contributed by atoms with Crippen molar-refractivity contribution < 1.29 is 23.8 Å². The van der Waals surface area contributed by atoms with Gasteiger partial charge in [-0.15, -0.1) is 0 Å². The van der Waals surface area contributed by atoms with Crippen molar-refractivity contribution in [1.29, 1.82) is 0 Å². The van der Waals surface area contributed by atoms with E-state index in [2.05, 4.69) is 4.90 Å². The lowest BCUT2D eigenvalue weighted by Crippen LogP contribution is -2.51. The van der Waals surface area contributed by atoms with Gasteiger partial charge in [-0.1, -0.05) is 6.07 Å². The molecule has 0 spiro atoms. The minimum absolute atomic E-state index is 0.0184. The molecule has 162 valence electrons. The summed E-state index contributed by atoms with van der Waals surface area (Å²) in [6.07, 6.45) is -0.488. The zero-order chi connectivity index (χ0) is 21.6. The van der Waals surface area contributed by atoms with E-state index in [1.54, 1.807) is 46.9 Å². The molecular weight excluding hydrogens is 374 g/mol. The molecule has 0 aliphatic carbocycles. The smallest absolute Gasteiger partial charge is 0.410 e. The SMILES string of the molecule is COc1ccc(CN2CCN(C(=O)CN(C)C(=O)OC(C)(C)C)CC2)cc1OC. The highest BCUT2D eigenvalue weighted by Gasteiger charge is 2.25. The van der Waals surface area contributed by atoms with Crippen molar-refractivity contribution in [2.24, 2.45) is 0 Å². The topological polar surface area (TPSA) is 71.6 Å². The third kappa shape index (κ3) is 6.81. The number of amides is 2. The largest absolute Gasteiger partial charge is 0.493 e. The summed E-state index contributed by atoms with van der Waals surface area (Å²) in [5.74, 6) is 1.36. The molecule has 0 atom stereocenters. The summed E-state index contributed by atoms with van der Waals surface area (Å²) >= 11 is 0. The van der Waals surface area contributed by atoms with E-state index in [1.807, 2.05) is 18.2 Å². The van der Waals surface area contributed by atoms with Gasteiger partial charge in [0.25, 0.3) is 0 Å². The van der Waals surface area contributed by atoms with Gasteiger partial charge in [0, 0.05) is 39.8 Å². The molecule has 8 nitrogen and oxygen atoms in total. The van der Waals surface area contributed by atoms with Crippen LogP contribution in [0.5, 0.6) is 11.5 Å². The third-order valence-electron chi connectivity index (χ3n) is 4.66. The predicted octanol–water partition coefficient (Wildman–Crippen LogP) is 2.21. The van der Waals surface area contributed by atoms with Crippen molar-refractivity contribution in [3.63, 3.8) is 0 Å². The van der Waals surface area contributed by atoms with Crippen molar-refractivity contribution in [2.75, 3.05) is 54.0 Å². The van der Waals surface area contributed by atoms with Crippen LogP contribution in [0.1, 0.15) is 26.3 Å². The Morgan fingerprint density at radius 1 is 1.03 bits per heavy atom. The molecule has 1 aliphatic heterocycles. The lowest BCUT2D eigenvalue weighted by atomic mass is 10.1. The molecule has 2 amide bonds. The van der Waals surface area contributed by atoms with Crippen LogP contribution in [0.3, 0.4) is 0 Å². The minimum atomic E-state index is -0.579. The molecule has 0 bridgehead atoms. The zero-order valence-corrected chi connectivity index (χ0v) is 18.4. The van der Waals surface area contributed by atoms with Gasteiger partial charge in [-0.05, 0) is 38.5 Å². The molecule has 0 aromatic heterocycles. The highest BCUT2D eigenvalue weighted by Crippen LogP contribution is 2.28. The summed E-state index contributed by atoms with van der Waals surface area (Å²) in [5, 5.41) is 0. The van der Waals surface area contributed by atoms with E-state index in [0.29, 0.717) is 24.6 Å². The normalized spacial score (nSPS) is 15.0. The maximum absolute atomic E-state index is 12.5. The van der Waals surface area contributed by atoms with Gasteiger partial charge in [0.2, 0.25) is 5.91 Å². The highest BCUT2D eigenvalue weighted by molar-refractivity contribution is 5.82. The number of rotatable bonds is 6. The Morgan fingerprint density at radius 2 is 1.66 bits per heavy atom. The van der Waals surface area contributed by atoms with Gasteiger partial charge in [0.15, 0.2) is 11.5 Å². The molecule has 0 unspecified atom stereocenters. The van der Waals surface area contributed by atoms with Gasteiger partial charge >= 0.3 is 6.09 Å². The van der Waals surface area contributed by atoms with Gasteiger partial charge in [-0.3, -0.25) is 9.69 Å². The summed E-state index contributed by atoms with van der Waals surface area (Å²) in [6, 6.07) is 5.90. The number of ether oxygens (including phenoxy) is 3. The van der Waals surface area contributed by atoms with Crippen molar-refractivity contribution >= 4 is 12.0 Å². The fourth-order valence-electron chi connectivity index (χ4n) is 3.10. The van der Waals surface area contributed by atoms with Gasteiger partial charge in [-0.25, -0.2) is 4.79 Å². The summed E-state index contributed by atoms with van der Waals surface area (Å²) in [4.78, 5) is 30.0. The Labute approximate surface area is 173 Å². The van der Waals surface area contributed by atoms with Crippen LogP contribution in [0.2, 0.25) is 0 Å². The first-order valence-corrected chi connectivity index (χ1v) is 9.78. The van der Waals surface area contributed by atoms with Gasteiger partial charge in [0.1, 0.15) is 12.1 Å². The number of likely N-dealkylation sites (N-methyl/N-ethyl adjacent to an activating group) is 1. The molecule has 0 N–H and O–H groups in total. The second-order valence-corrected chi connectivity index (χ2v) is 8.18. The van der Waals surface area contributed by atoms with Crippen LogP contribution in [0.25, 0.3) is 0 Å². The van der Waals surface area contributed by atoms with E-state index in [-0.39, 0.29) is 12.5 Å². The molecule has 1 heterocycles. The molecule has 1 aliphatic rings. The van der Waals surface area contributed by atoms with E-state index in [9.17, 15) is 9.59 Å². The zero-order valence-electron chi connectivity index (χ0n) is 18.4. The van der Waals surface area contributed by atoms with Crippen molar-refractivity contribution in [2.45, 2.75) is 32.9 Å².